The van der Waals surface area contributed by atoms with Gasteiger partial charge in [-0.15, -0.1) is 12.4 Å². The molecule has 17 heavy (non-hydrogen) atoms. The van der Waals surface area contributed by atoms with Crippen LogP contribution in [0.2, 0.25) is 0 Å². The lowest BCUT2D eigenvalue weighted by molar-refractivity contribution is 0.579. The fraction of sp³-hybridized carbons (Fsp3) is 0.400. The van der Waals surface area contributed by atoms with Crippen molar-refractivity contribution in [1.29, 1.82) is 5.26 Å². The zero-order valence-electron chi connectivity index (χ0n) is 8.96. The predicted octanol–water partition coefficient (Wildman–Crippen LogP) is 0.511. The largest absolute Gasteiger partial charge is 0.315 e. The maximum absolute atomic E-state index is 12.1. The van der Waals surface area contributed by atoms with Crippen molar-refractivity contribution in [1.82, 2.24) is 10.3 Å². The van der Waals surface area contributed by atoms with Crippen molar-refractivity contribution in [3.8, 4) is 6.07 Å². The summed E-state index contributed by atoms with van der Waals surface area (Å²) in [6.07, 6.45) is 1.95. The summed E-state index contributed by atoms with van der Waals surface area (Å²) in [7, 11) is -3.40. The topological polar surface area (TPSA) is 82.8 Å². The molecule has 1 atom stereocenters. The molecule has 1 N–H and O–H groups in total. The molecule has 7 heteroatoms. The maximum Gasteiger partial charge on any atom is 0.199 e. The number of hydrogen-bond donors (Lipinski definition) is 1. The van der Waals surface area contributed by atoms with E-state index >= 15 is 0 Å². The fourth-order valence-electron chi connectivity index (χ4n) is 1.70. The molecule has 1 aromatic heterocycles. The van der Waals surface area contributed by atoms with Crippen LogP contribution in [0.25, 0.3) is 0 Å². The van der Waals surface area contributed by atoms with Gasteiger partial charge in [-0.2, -0.15) is 5.26 Å². The Kier molecular flexibility index (Phi) is 4.46. The van der Waals surface area contributed by atoms with Crippen LogP contribution in [0.15, 0.2) is 23.4 Å². The van der Waals surface area contributed by atoms with E-state index < -0.39 is 15.1 Å². The molecule has 1 aliphatic rings. The Hall–Kier alpha value is -1.16. The number of aromatic nitrogens is 1. The molecule has 0 unspecified atom stereocenters. The highest BCUT2D eigenvalue weighted by molar-refractivity contribution is 7.92. The van der Waals surface area contributed by atoms with E-state index in [9.17, 15) is 8.42 Å². The van der Waals surface area contributed by atoms with Crippen molar-refractivity contribution in [2.75, 3.05) is 13.1 Å². The van der Waals surface area contributed by atoms with Gasteiger partial charge in [-0.1, -0.05) is 0 Å². The Bertz CT molecular complexity index is 533. The second-order valence-electron chi connectivity index (χ2n) is 3.65. The first kappa shape index (κ1) is 13.9. The highest BCUT2D eigenvalue weighted by atomic mass is 35.5. The molecule has 2 rings (SSSR count). The van der Waals surface area contributed by atoms with Gasteiger partial charge in [-0.3, -0.25) is 0 Å². The van der Waals surface area contributed by atoms with Gasteiger partial charge in [0.1, 0.15) is 0 Å². The molecule has 0 aliphatic carbocycles. The van der Waals surface area contributed by atoms with E-state index in [1.165, 1.54) is 18.3 Å². The van der Waals surface area contributed by atoms with Crippen LogP contribution in [0.1, 0.15) is 12.0 Å². The lowest BCUT2D eigenvalue weighted by atomic mass is 10.3. The zero-order valence-corrected chi connectivity index (χ0v) is 10.6. The van der Waals surface area contributed by atoms with Gasteiger partial charge in [0.25, 0.3) is 0 Å². The summed E-state index contributed by atoms with van der Waals surface area (Å²) in [5.41, 5.74) is 0.319. The molecule has 5 nitrogen and oxygen atoms in total. The molecular formula is C10H12ClN3O2S. The predicted molar refractivity (Wildman–Crippen MR) is 64.7 cm³/mol. The first-order valence-corrected chi connectivity index (χ1v) is 6.50. The molecule has 2 heterocycles. The third-order valence-electron chi connectivity index (χ3n) is 2.61. The molecule has 0 amide bonds. The van der Waals surface area contributed by atoms with Gasteiger partial charge < -0.3 is 5.32 Å². The average Bonchev–Trinajstić information content (AvgIpc) is 2.83. The highest BCUT2D eigenvalue weighted by Crippen LogP contribution is 2.18. The van der Waals surface area contributed by atoms with Crippen LogP contribution in [0.5, 0.6) is 0 Å². The van der Waals surface area contributed by atoms with E-state index in [2.05, 4.69) is 10.3 Å². The molecule has 0 saturated carbocycles. The van der Waals surface area contributed by atoms with Crippen molar-refractivity contribution < 1.29 is 8.42 Å². The minimum Gasteiger partial charge on any atom is -0.315 e. The van der Waals surface area contributed by atoms with Gasteiger partial charge in [0.2, 0.25) is 0 Å². The number of halogens is 1. The van der Waals surface area contributed by atoms with E-state index in [0.717, 1.165) is 0 Å². The Balaban J connectivity index is 0.00000144. The quantitative estimate of drug-likeness (QED) is 0.849. The number of pyridine rings is 1. The van der Waals surface area contributed by atoms with Gasteiger partial charge in [0.15, 0.2) is 14.9 Å². The number of rotatable bonds is 2. The molecule has 0 radical (unpaired) electrons. The van der Waals surface area contributed by atoms with Gasteiger partial charge in [-0.05, 0) is 25.1 Å². The van der Waals surface area contributed by atoms with Crippen LogP contribution >= 0.6 is 12.4 Å². The van der Waals surface area contributed by atoms with Crippen LogP contribution in [-0.2, 0) is 9.84 Å². The minimum atomic E-state index is -3.40. The molecule has 1 aromatic rings. The van der Waals surface area contributed by atoms with Crippen molar-refractivity contribution in [3.05, 3.63) is 23.9 Å². The van der Waals surface area contributed by atoms with Crippen molar-refractivity contribution >= 4 is 22.2 Å². The standard InChI is InChI=1S/C10H11N3O2S.ClH/c11-6-8-1-4-13-10(5-8)16(14,15)9-2-3-12-7-9;/h1,4-5,9,12H,2-3,7H2;1H/t9-;/m0./s1. The summed E-state index contributed by atoms with van der Waals surface area (Å²) in [6, 6.07) is 4.73. The zero-order chi connectivity index (χ0) is 11.6. The summed E-state index contributed by atoms with van der Waals surface area (Å²) in [6.45, 7) is 1.17. The summed E-state index contributed by atoms with van der Waals surface area (Å²) < 4.78 is 24.2. The number of hydrogen-bond acceptors (Lipinski definition) is 5. The number of nitriles is 1. The van der Waals surface area contributed by atoms with E-state index in [1.807, 2.05) is 6.07 Å². The minimum absolute atomic E-state index is 0. The molecule has 0 spiro atoms. The third-order valence-corrected chi connectivity index (χ3v) is 4.70. The lowest BCUT2D eigenvalue weighted by Crippen LogP contribution is -2.24. The van der Waals surface area contributed by atoms with Gasteiger partial charge >= 0.3 is 0 Å². The first-order valence-electron chi connectivity index (χ1n) is 4.95. The maximum atomic E-state index is 12.1. The van der Waals surface area contributed by atoms with E-state index in [0.29, 0.717) is 25.1 Å². The van der Waals surface area contributed by atoms with Gasteiger partial charge in [0, 0.05) is 12.7 Å². The molecule has 1 aliphatic heterocycles. The monoisotopic (exact) mass is 273 g/mol. The van der Waals surface area contributed by atoms with E-state index in [1.54, 1.807) is 0 Å². The molecule has 92 valence electrons. The van der Waals surface area contributed by atoms with Crippen molar-refractivity contribution in [2.45, 2.75) is 16.7 Å². The SMILES string of the molecule is Cl.N#Cc1ccnc(S(=O)(=O)[C@H]2CCNC2)c1. The van der Waals surface area contributed by atoms with Crippen LogP contribution in [0.3, 0.4) is 0 Å². The molecule has 1 fully saturated rings. The van der Waals surface area contributed by atoms with Crippen LogP contribution in [0, 0.1) is 11.3 Å². The second kappa shape index (κ2) is 5.45. The van der Waals surface area contributed by atoms with Crippen molar-refractivity contribution in [2.24, 2.45) is 0 Å². The molecule has 0 bridgehead atoms. The summed E-state index contributed by atoms with van der Waals surface area (Å²) in [5.74, 6) is 0. The van der Waals surface area contributed by atoms with E-state index in [-0.39, 0.29) is 17.4 Å². The van der Waals surface area contributed by atoms with E-state index in [4.69, 9.17) is 5.26 Å². The normalized spacial score (nSPS) is 19.4. The first-order chi connectivity index (χ1) is 7.64. The highest BCUT2D eigenvalue weighted by Gasteiger charge is 2.31. The van der Waals surface area contributed by atoms with Crippen LogP contribution in [-0.4, -0.2) is 31.7 Å². The fourth-order valence-corrected chi connectivity index (χ4v) is 3.30. The van der Waals surface area contributed by atoms with Crippen LogP contribution in [0.4, 0.5) is 0 Å². The number of sulfone groups is 1. The Morgan fingerprint density at radius 3 is 2.88 bits per heavy atom. The Morgan fingerprint density at radius 2 is 2.29 bits per heavy atom. The Morgan fingerprint density at radius 1 is 1.53 bits per heavy atom. The van der Waals surface area contributed by atoms with Gasteiger partial charge in [0.05, 0.1) is 16.9 Å². The summed E-state index contributed by atoms with van der Waals surface area (Å²) >= 11 is 0. The second-order valence-corrected chi connectivity index (χ2v) is 5.83. The molecule has 1 saturated heterocycles. The third kappa shape index (κ3) is 2.75. The van der Waals surface area contributed by atoms with Crippen molar-refractivity contribution in [3.63, 3.8) is 0 Å². The smallest absolute Gasteiger partial charge is 0.199 e. The number of nitrogens with one attached hydrogen (secondary N) is 1. The molecular weight excluding hydrogens is 262 g/mol. The lowest BCUT2D eigenvalue weighted by Gasteiger charge is -2.09. The Labute approximate surface area is 106 Å². The molecule has 0 aromatic carbocycles. The summed E-state index contributed by atoms with van der Waals surface area (Å²) in [5, 5.41) is 11.3. The van der Waals surface area contributed by atoms with Gasteiger partial charge in [-0.25, -0.2) is 13.4 Å². The average molecular weight is 274 g/mol. The van der Waals surface area contributed by atoms with Crippen LogP contribution < -0.4 is 5.32 Å². The number of nitrogens with zero attached hydrogens (tertiary/aromatic N) is 2. The summed E-state index contributed by atoms with van der Waals surface area (Å²) in [4.78, 5) is 3.84.